The maximum Gasteiger partial charge on any atom is 0.211 e. The van der Waals surface area contributed by atoms with Crippen LogP contribution in [0.5, 0.6) is 0 Å². The number of hydrogen-bond donors (Lipinski definition) is 1. The van der Waals surface area contributed by atoms with Gasteiger partial charge in [-0.25, -0.2) is 13.8 Å². The summed E-state index contributed by atoms with van der Waals surface area (Å²) >= 11 is 0. The zero-order valence-corrected chi connectivity index (χ0v) is 10.2. The summed E-state index contributed by atoms with van der Waals surface area (Å²) in [7, 11) is 0. The van der Waals surface area contributed by atoms with Crippen LogP contribution in [0.2, 0.25) is 0 Å². The van der Waals surface area contributed by atoms with E-state index in [4.69, 9.17) is 4.42 Å². The van der Waals surface area contributed by atoms with Gasteiger partial charge in [0.15, 0.2) is 0 Å². The molecule has 0 aliphatic heterocycles. The fourth-order valence-corrected chi connectivity index (χ4v) is 1.60. The van der Waals surface area contributed by atoms with Crippen molar-refractivity contribution >= 4 is 0 Å². The monoisotopic (exact) mass is 252 g/mol. The minimum absolute atomic E-state index is 0.165. The highest BCUT2D eigenvalue weighted by atomic mass is 19.1. The van der Waals surface area contributed by atoms with Gasteiger partial charge in [0.25, 0.3) is 0 Å². The lowest BCUT2D eigenvalue weighted by molar-refractivity contribution is 0.400. The van der Waals surface area contributed by atoms with Crippen LogP contribution < -0.4 is 5.32 Å². The van der Waals surface area contributed by atoms with Crippen molar-refractivity contribution in [3.05, 3.63) is 53.2 Å². The van der Waals surface area contributed by atoms with E-state index in [-0.39, 0.29) is 18.2 Å². The largest absolute Gasteiger partial charge is 0.444 e. The van der Waals surface area contributed by atoms with E-state index in [2.05, 4.69) is 10.3 Å². The lowest BCUT2D eigenvalue weighted by Gasteiger charge is -2.10. The van der Waals surface area contributed by atoms with E-state index in [1.54, 1.807) is 13.1 Å². The lowest BCUT2D eigenvalue weighted by atomic mass is 10.2. The van der Waals surface area contributed by atoms with Crippen molar-refractivity contribution in [2.75, 3.05) is 0 Å². The van der Waals surface area contributed by atoms with Crippen LogP contribution in [0, 0.1) is 18.6 Å². The topological polar surface area (TPSA) is 38.1 Å². The SMILES string of the molecule is Cc1cnc(C(C)NCc2cc(F)ccc2F)o1. The molecule has 5 heteroatoms. The number of aromatic nitrogens is 1. The number of hydrogen-bond acceptors (Lipinski definition) is 3. The van der Waals surface area contributed by atoms with Crippen molar-refractivity contribution in [1.82, 2.24) is 10.3 Å². The van der Waals surface area contributed by atoms with Gasteiger partial charge in [-0.1, -0.05) is 0 Å². The quantitative estimate of drug-likeness (QED) is 0.908. The van der Waals surface area contributed by atoms with Crippen LogP contribution in [0.4, 0.5) is 8.78 Å². The van der Waals surface area contributed by atoms with Crippen LogP contribution >= 0.6 is 0 Å². The Balaban J connectivity index is 2.01. The smallest absolute Gasteiger partial charge is 0.211 e. The third-order valence-corrected chi connectivity index (χ3v) is 2.62. The highest BCUT2D eigenvalue weighted by Gasteiger charge is 2.12. The molecule has 0 aliphatic rings. The lowest BCUT2D eigenvalue weighted by Crippen LogP contribution is -2.19. The number of aryl methyl sites for hydroxylation is 1. The summed E-state index contributed by atoms with van der Waals surface area (Å²) in [6.45, 7) is 3.87. The Morgan fingerprint density at radius 2 is 2.17 bits per heavy atom. The molecule has 1 heterocycles. The molecule has 1 atom stereocenters. The Hall–Kier alpha value is -1.75. The number of halogens is 2. The Labute approximate surface area is 104 Å². The molecular formula is C13H14F2N2O. The van der Waals surface area contributed by atoms with Gasteiger partial charge in [0, 0.05) is 12.1 Å². The summed E-state index contributed by atoms with van der Waals surface area (Å²) in [5, 5.41) is 3.03. The maximum absolute atomic E-state index is 13.4. The summed E-state index contributed by atoms with van der Waals surface area (Å²) in [4.78, 5) is 4.07. The van der Waals surface area contributed by atoms with E-state index in [0.717, 1.165) is 17.9 Å². The second kappa shape index (κ2) is 5.27. The van der Waals surface area contributed by atoms with Crippen molar-refractivity contribution in [1.29, 1.82) is 0 Å². The zero-order valence-electron chi connectivity index (χ0n) is 10.2. The van der Waals surface area contributed by atoms with Gasteiger partial charge >= 0.3 is 0 Å². The van der Waals surface area contributed by atoms with Crippen molar-refractivity contribution in [3.8, 4) is 0 Å². The van der Waals surface area contributed by atoms with Gasteiger partial charge in [-0.15, -0.1) is 0 Å². The molecule has 1 aromatic heterocycles. The number of nitrogens with zero attached hydrogens (tertiary/aromatic N) is 1. The van der Waals surface area contributed by atoms with E-state index < -0.39 is 11.6 Å². The molecule has 0 spiro atoms. The predicted octanol–water partition coefficient (Wildman–Crippen LogP) is 3.11. The number of nitrogens with one attached hydrogen (secondary N) is 1. The third-order valence-electron chi connectivity index (χ3n) is 2.62. The first-order chi connectivity index (χ1) is 8.56. The Morgan fingerprint density at radius 1 is 1.39 bits per heavy atom. The number of benzene rings is 1. The average molecular weight is 252 g/mol. The molecule has 96 valence electrons. The maximum atomic E-state index is 13.4. The molecule has 3 nitrogen and oxygen atoms in total. The number of oxazole rings is 1. The average Bonchev–Trinajstić information content (AvgIpc) is 2.77. The second-order valence-electron chi connectivity index (χ2n) is 4.15. The second-order valence-corrected chi connectivity index (χ2v) is 4.15. The van der Waals surface area contributed by atoms with Crippen LogP contribution in [-0.4, -0.2) is 4.98 Å². The molecular weight excluding hydrogens is 238 g/mol. The van der Waals surface area contributed by atoms with Crippen molar-refractivity contribution in [3.63, 3.8) is 0 Å². The van der Waals surface area contributed by atoms with E-state index in [1.807, 2.05) is 6.92 Å². The summed E-state index contributed by atoms with van der Waals surface area (Å²) in [5.74, 6) is 0.368. The molecule has 1 unspecified atom stereocenters. The third kappa shape index (κ3) is 2.92. The van der Waals surface area contributed by atoms with E-state index in [1.165, 1.54) is 6.07 Å². The molecule has 0 aliphatic carbocycles. The van der Waals surface area contributed by atoms with Crippen molar-refractivity contribution in [2.24, 2.45) is 0 Å². The predicted molar refractivity (Wildman–Crippen MR) is 62.9 cm³/mol. The normalized spacial score (nSPS) is 12.7. The van der Waals surface area contributed by atoms with Gasteiger partial charge < -0.3 is 9.73 Å². The standard InChI is InChI=1S/C13H14F2N2O/c1-8-6-17-13(18-8)9(2)16-7-10-5-11(14)3-4-12(10)15/h3-6,9,16H,7H2,1-2H3. The molecule has 18 heavy (non-hydrogen) atoms. The minimum Gasteiger partial charge on any atom is -0.444 e. The summed E-state index contributed by atoms with van der Waals surface area (Å²) in [5.41, 5.74) is 0.283. The summed E-state index contributed by atoms with van der Waals surface area (Å²) in [6.07, 6.45) is 1.62. The van der Waals surface area contributed by atoms with Gasteiger partial charge in [-0.05, 0) is 32.0 Å². The fourth-order valence-electron chi connectivity index (χ4n) is 1.60. The minimum atomic E-state index is -0.451. The highest BCUT2D eigenvalue weighted by molar-refractivity contribution is 5.18. The Kier molecular flexibility index (Phi) is 3.72. The zero-order chi connectivity index (χ0) is 13.1. The van der Waals surface area contributed by atoms with Crippen molar-refractivity contribution < 1.29 is 13.2 Å². The highest BCUT2D eigenvalue weighted by Crippen LogP contribution is 2.14. The molecule has 1 N–H and O–H groups in total. The van der Waals surface area contributed by atoms with Gasteiger partial charge in [0.05, 0.1) is 12.2 Å². The fraction of sp³-hybridized carbons (Fsp3) is 0.308. The van der Waals surface area contributed by atoms with Gasteiger partial charge in [-0.2, -0.15) is 0 Å². The van der Waals surface area contributed by atoms with E-state index >= 15 is 0 Å². The van der Waals surface area contributed by atoms with Crippen LogP contribution in [-0.2, 0) is 6.54 Å². The van der Waals surface area contributed by atoms with Gasteiger partial charge in [-0.3, -0.25) is 0 Å². The van der Waals surface area contributed by atoms with E-state index in [0.29, 0.717) is 5.89 Å². The van der Waals surface area contributed by atoms with Crippen LogP contribution in [0.1, 0.15) is 30.2 Å². The Bertz CT molecular complexity index is 540. The molecule has 0 saturated heterocycles. The summed E-state index contributed by atoms with van der Waals surface area (Å²) in [6, 6.07) is 3.23. The molecule has 0 amide bonds. The molecule has 0 bridgehead atoms. The number of rotatable bonds is 4. The molecule has 2 aromatic rings. The van der Waals surface area contributed by atoms with Crippen LogP contribution in [0.3, 0.4) is 0 Å². The molecule has 0 fully saturated rings. The molecule has 0 saturated carbocycles. The van der Waals surface area contributed by atoms with Gasteiger partial charge in [0.1, 0.15) is 17.4 Å². The summed E-state index contributed by atoms with van der Waals surface area (Å²) < 4.78 is 31.7. The van der Waals surface area contributed by atoms with Crippen LogP contribution in [0.25, 0.3) is 0 Å². The first-order valence-corrected chi connectivity index (χ1v) is 5.66. The molecule has 0 radical (unpaired) electrons. The van der Waals surface area contributed by atoms with Crippen molar-refractivity contribution in [2.45, 2.75) is 26.4 Å². The molecule has 1 aromatic carbocycles. The van der Waals surface area contributed by atoms with Crippen LogP contribution in [0.15, 0.2) is 28.8 Å². The first-order valence-electron chi connectivity index (χ1n) is 5.66. The first kappa shape index (κ1) is 12.7. The van der Waals surface area contributed by atoms with E-state index in [9.17, 15) is 8.78 Å². The van der Waals surface area contributed by atoms with Gasteiger partial charge in [0.2, 0.25) is 5.89 Å². The molecule has 2 rings (SSSR count). The Morgan fingerprint density at radius 3 is 2.83 bits per heavy atom.